The SMILES string of the molecule is C#CCCCNCCCC(N)=O. The average Bonchev–Trinajstić information content (AvgIpc) is 2.02. The number of unbranched alkanes of at least 4 members (excludes halogenated alkanes) is 1. The van der Waals surface area contributed by atoms with Crippen molar-refractivity contribution in [2.24, 2.45) is 5.73 Å². The lowest BCUT2D eigenvalue weighted by Crippen LogP contribution is -2.19. The number of amides is 1. The van der Waals surface area contributed by atoms with E-state index < -0.39 is 0 Å². The van der Waals surface area contributed by atoms with Crippen molar-refractivity contribution in [3.8, 4) is 12.3 Å². The van der Waals surface area contributed by atoms with Gasteiger partial charge in [-0.05, 0) is 25.9 Å². The lowest BCUT2D eigenvalue weighted by molar-refractivity contribution is -0.118. The van der Waals surface area contributed by atoms with E-state index in [-0.39, 0.29) is 5.91 Å². The highest BCUT2D eigenvalue weighted by Gasteiger charge is 1.92. The molecule has 0 aliphatic carbocycles. The van der Waals surface area contributed by atoms with Gasteiger partial charge in [0.1, 0.15) is 0 Å². The second-order valence-corrected chi connectivity index (χ2v) is 2.63. The minimum absolute atomic E-state index is 0.236. The predicted molar refractivity (Wildman–Crippen MR) is 49.4 cm³/mol. The second kappa shape index (κ2) is 8.09. The first-order chi connectivity index (χ1) is 5.77. The first kappa shape index (κ1) is 11.0. The van der Waals surface area contributed by atoms with Crippen molar-refractivity contribution in [3.05, 3.63) is 0 Å². The molecule has 0 aromatic heterocycles. The Morgan fingerprint density at radius 3 is 2.67 bits per heavy atom. The lowest BCUT2D eigenvalue weighted by atomic mass is 10.3. The van der Waals surface area contributed by atoms with Gasteiger partial charge in [0.25, 0.3) is 0 Å². The maximum absolute atomic E-state index is 10.3. The summed E-state index contributed by atoms with van der Waals surface area (Å²) >= 11 is 0. The van der Waals surface area contributed by atoms with Crippen LogP contribution in [0.3, 0.4) is 0 Å². The van der Waals surface area contributed by atoms with E-state index in [2.05, 4.69) is 11.2 Å². The zero-order valence-electron chi connectivity index (χ0n) is 7.31. The van der Waals surface area contributed by atoms with Crippen molar-refractivity contribution in [2.75, 3.05) is 13.1 Å². The molecule has 0 saturated heterocycles. The number of nitrogens with two attached hydrogens (primary N) is 1. The number of hydrogen-bond donors (Lipinski definition) is 2. The maximum atomic E-state index is 10.3. The third-order valence-corrected chi connectivity index (χ3v) is 1.45. The first-order valence-electron chi connectivity index (χ1n) is 4.20. The van der Waals surface area contributed by atoms with Gasteiger partial charge in [0, 0.05) is 12.8 Å². The van der Waals surface area contributed by atoms with E-state index in [4.69, 9.17) is 12.2 Å². The molecule has 0 heterocycles. The molecule has 0 aromatic rings. The first-order valence-corrected chi connectivity index (χ1v) is 4.20. The highest BCUT2D eigenvalue weighted by Crippen LogP contribution is 1.86. The van der Waals surface area contributed by atoms with E-state index in [1.165, 1.54) is 0 Å². The molecular formula is C9H16N2O. The quantitative estimate of drug-likeness (QED) is 0.423. The van der Waals surface area contributed by atoms with Crippen LogP contribution in [0.5, 0.6) is 0 Å². The van der Waals surface area contributed by atoms with Gasteiger partial charge in [-0.3, -0.25) is 4.79 Å². The molecule has 3 N–H and O–H groups in total. The van der Waals surface area contributed by atoms with E-state index >= 15 is 0 Å². The van der Waals surface area contributed by atoms with Gasteiger partial charge in [0.2, 0.25) is 5.91 Å². The van der Waals surface area contributed by atoms with Crippen molar-refractivity contribution in [3.63, 3.8) is 0 Å². The van der Waals surface area contributed by atoms with Crippen LogP contribution in [0, 0.1) is 12.3 Å². The number of nitrogens with one attached hydrogen (secondary N) is 1. The third kappa shape index (κ3) is 8.99. The molecular weight excluding hydrogens is 152 g/mol. The Morgan fingerprint density at radius 2 is 2.08 bits per heavy atom. The Balaban J connectivity index is 2.92. The number of carbonyl (C=O) groups excluding carboxylic acids is 1. The number of terminal acetylenes is 1. The molecule has 0 rings (SSSR count). The van der Waals surface area contributed by atoms with Gasteiger partial charge >= 0.3 is 0 Å². The van der Waals surface area contributed by atoms with Crippen molar-refractivity contribution in [2.45, 2.75) is 25.7 Å². The van der Waals surface area contributed by atoms with Crippen LogP contribution in [0.1, 0.15) is 25.7 Å². The lowest BCUT2D eigenvalue weighted by Gasteiger charge is -2.00. The van der Waals surface area contributed by atoms with Crippen LogP contribution in [0.25, 0.3) is 0 Å². The van der Waals surface area contributed by atoms with Gasteiger partial charge in [-0.2, -0.15) is 0 Å². The fourth-order valence-electron chi connectivity index (χ4n) is 0.828. The van der Waals surface area contributed by atoms with E-state index in [9.17, 15) is 4.79 Å². The minimum atomic E-state index is -0.236. The summed E-state index contributed by atoms with van der Waals surface area (Å²) in [5, 5.41) is 3.17. The Kier molecular flexibility index (Phi) is 7.41. The zero-order valence-corrected chi connectivity index (χ0v) is 7.31. The van der Waals surface area contributed by atoms with E-state index in [0.717, 1.165) is 32.4 Å². The van der Waals surface area contributed by atoms with Crippen LogP contribution < -0.4 is 11.1 Å². The largest absolute Gasteiger partial charge is 0.370 e. The third-order valence-electron chi connectivity index (χ3n) is 1.45. The molecule has 0 saturated carbocycles. The Bertz CT molecular complexity index is 160. The van der Waals surface area contributed by atoms with Crippen LogP contribution in [0.4, 0.5) is 0 Å². The van der Waals surface area contributed by atoms with Gasteiger partial charge in [-0.1, -0.05) is 0 Å². The predicted octanol–water partition coefficient (Wildman–Crippen LogP) is 0.255. The fourth-order valence-corrected chi connectivity index (χ4v) is 0.828. The summed E-state index contributed by atoms with van der Waals surface area (Å²) in [6.45, 7) is 1.76. The number of primary amides is 1. The molecule has 12 heavy (non-hydrogen) atoms. The summed E-state index contributed by atoms with van der Waals surface area (Å²) < 4.78 is 0. The maximum Gasteiger partial charge on any atom is 0.217 e. The molecule has 0 fully saturated rings. The highest BCUT2D eigenvalue weighted by molar-refractivity contribution is 5.73. The van der Waals surface area contributed by atoms with Gasteiger partial charge < -0.3 is 11.1 Å². The normalized spacial score (nSPS) is 9.25. The van der Waals surface area contributed by atoms with E-state index in [1.54, 1.807) is 0 Å². The summed E-state index contributed by atoms with van der Waals surface area (Å²) in [4.78, 5) is 10.3. The average molecular weight is 168 g/mol. The van der Waals surface area contributed by atoms with Crippen molar-refractivity contribution < 1.29 is 4.79 Å². The molecule has 0 aromatic carbocycles. The molecule has 3 heteroatoms. The van der Waals surface area contributed by atoms with Gasteiger partial charge in [0.05, 0.1) is 0 Å². The Morgan fingerprint density at radius 1 is 1.42 bits per heavy atom. The standard InChI is InChI=1S/C9H16N2O/c1-2-3-4-7-11-8-5-6-9(10)12/h1,11H,3-8H2,(H2,10,12). The van der Waals surface area contributed by atoms with E-state index in [0.29, 0.717) is 6.42 Å². The number of hydrogen-bond acceptors (Lipinski definition) is 2. The molecule has 0 radical (unpaired) electrons. The number of rotatable bonds is 7. The molecule has 0 unspecified atom stereocenters. The molecule has 0 spiro atoms. The molecule has 68 valence electrons. The highest BCUT2D eigenvalue weighted by atomic mass is 16.1. The van der Waals surface area contributed by atoms with Gasteiger partial charge in [0.15, 0.2) is 0 Å². The van der Waals surface area contributed by atoms with Crippen LogP contribution in [-0.4, -0.2) is 19.0 Å². The van der Waals surface area contributed by atoms with Crippen LogP contribution in [0.15, 0.2) is 0 Å². The van der Waals surface area contributed by atoms with Crippen LogP contribution in [0.2, 0.25) is 0 Å². The molecule has 0 aliphatic rings. The molecule has 0 aliphatic heterocycles. The fraction of sp³-hybridized carbons (Fsp3) is 0.667. The molecule has 3 nitrogen and oxygen atoms in total. The minimum Gasteiger partial charge on any atom is -0.370 e. The Hall–Kier alpha value is -1.01. The summed E-state index contributed by atoms with van der Waals surface area (Å²) in [7, 11) is 0. The zero-order chi connectivity index (χ0) is 9.23. The second-order valence-electron chi connectivity index (χ2n) is 2.63. The summed E-state index contributed by atoms with van der Waals surface area (Å²) in [6, 6.07) is 0. The smallest absolute Gasteiger partial charge is 0.217 e. The summed E-state index contributed by atoms with van der Waals surface area (Å²) in [5.74, 6) is 2.33. The Labute approximate surface area is 73.7 Å². The molecule has 0 atom stereocenters. The summed E-state index contributed by atoms with van der Waals surface area (Å²) in [5.41, 5.74) is 4.96. The molecule has 0 bridgehead atoms. The van der Waals surface area contributed by atoms with Crippen molar-refractivity contribution in [1.29, 1.82) is 0 Å². The molecule has 1 amide bonds. The van der Waals surface area contributed by atoms with Crippen molar-refractivity contribution in [1.82, 2.24) is 5.32 Å². The number of carbonyl (C=O) groups is 1. The van der Waals surface area contributed by atoms with Gasteiger partial charge in [-0.25, -0.2) is 0 Å². The topological polar surface area (TPSA) is 55.1 Å². The monoisotopic (exact) mass is 168 g/mol. The summed E-state index contributed by atoms with van der Waals surface area (Å²) in [6.07, 6.45) is 8.14. The van der Waals surface area contributed by atoms with Gasteiger partial charge in [-0.15, -0.1) is 12.3 Å². The van der Waals surface area contributed by atoms with E-state index in [1.807, 2.05) is 0 Å². The van der Waals surface area contributed by atoms with Crippen LogP contribution in [-0.2, 0) is 4.79 Å². The van der Waals surface area contributed by atoms with Crippen molar-refractivity contribution >= 4 is 5.91 Å². The van der Waals surface area contributed by atoms with Crippen LogP contribution >= 0.6 is 0 Å².